The Labute approximate surface area is 378 Å². The maximum Gasteiger partial charge on any atom is 0.187 e. The predicted molar refractivity (Wildman–Crippen MR) is 241 cm³/mol. The van der Waals surface area contributed by atoms with Crippen LogP contribution in [0.15, 0.2) is 144 Å². The largest absolute Gasteiger partial charge is 0.394 e. The van der Waals surface area contributed by atoms with Gasteiger partial charge >= 0.3 is 0 Å². The number of aliphatic hydroxyl groups excluding tert-OH is 2. The number of nitrogens with zero attached hydrogens (tertiary/aromatic N) is 6. The SMILES string of the molecule is [N-]=[N+]=NCCCCCO[C@@H]1O[C@H](COCc2ccccc2)[C@@H](O[C@@H]2O[C@H](CO)[C@H](O)[C@H](OCc3ccc4ccccc4c3)[C@H]2OCc2ccccc2)[C@H](OCc2ccccc2)[C@H]1N=[N+]=[N-]. The van der Waals surface area contributed by atoms with Crippen molar-refractivity contribution in [1.82, 2.24) is 0 Å². The van der Waals surface area contributed by atoms with Gasteiger partial charge in [0.15, 0.2) is 12.6 Å². The van der Waals surface area contributed by atoms with E-state index in [1.807, 2.05) is 133 Å². The van der Waals surface area contributed by atoms with Crippen molar-refractivity contribution in [3.63, 3.8) is 0 Å². The molecule has 0 bridgehead atoms. The normalized spacial score (nSPS) is 25.4. The van der Waals surface area contributed by atoms with Crippen molar-refractivity contribution in [3.8, 4) is 0 Å². The summed E-state index contributed by atoms with van der Waals surface area (Å²) in [7, 11) is 0. The molecule has 16 heteroatoms. The molecule has 2 saturated heterocycles. The molecule has 16 nitrogen and oxygen atoms in total. The standard InChI is InChI=1S/C49H56N6O10/c50-54-52-25-13-4-14-26-59-48-42(53-55-51)45(60-30-35-17-7-2-8-18-35)44(41(64-48)33-58-29-34-15-5-1-6-16-34)65-49-47(62-31-36-19-9-3-10-20-36)46(43(57)40(28-56)63-49)61-32-37-23-24-38-21-11-12-22-39(38)27-37/h1-3,5-12,15-24,27,40-49,56-57H,4,13-14,25-26,28-33H2/t40-,41-,42-,43+,44-,45-,46+,47-,48-,49+/m1/s1. The number of unbranched alkanes of at least 4 members (excludes halogenated alkanes) is 2. The van der Waals surface area contributed by atoms with Gasteiger partial charge in [-0.25, -0.2) is 0 Å². The van der Waals surface area contributed by atoms with Crippen molar-refractivity contribution in [3.05, 3.63) is 177 Å². The summed E-state index contributed by atoms with van der Waals surface area (Å²) in [5.41, 5.74) is 22.2. The van der Waals surface area contributed by atoms with Gasteiger partial charge in [-0.3, -0.25) is 0 Å². The van der Waals surface area contributed by atoms with E-state index in [9.17, 15) is 15.7 Å². The molecular formula is C49H56N6O10. The molecule has 2 aliphatic heterocycles. The molecule has 2 N–H and O–H groups in total. The minimum absolute atomic E-state index is 0.00399. The molecule has 0 aliphatic carbocycles. The number of aliphatic hydroxyl groups is 2. The van der Waals surface area contributed by atoms with Gasteiger partial charge < -0.3 is 48.1 Å². The molecule has 10 atom stereocenters. The first-order valence-electron chi connectivity index (χ1n) is 22.0. The third-order valence-electron chi connectivity index (χ3n) is 11.4. The molecule has 0 spiro atoms. The second-order valence-electron chi connectivity index (χ2n) is 15.9. The Balaban J connectivity index is 1.21. The van der Waals surface area contributed by atoms with Crippen LogP contribution in [-0.4, -0.2) is 97.9 Å². The van der Waals surface area contributed by atoms with E-state index >= 15 is 0 Å². The molecule has 2 heterocycles. The molecule has 0 radical (unpaired) electrons. The number of ether oxygens (including phenoxy) is 8. The van der Waals surface area contributed by atoms with Crippen molar-refractivity contribution in [1.29, 1.82) is 0 Å². The van der Waals surface area contributed by atoms with E-state index in [1.165, 1.54) is 0 Å². The molecule has 0 unspecified atom stereocenters. The highest BCUT2D eigenvalue weighted by Crippen LogP contribution is 2.36. The van der Waals surface area contributed by atoms with Gasteiger partial charge in [0.1, 0.15) is 48.8 Å². The van der Waals surface area contributed by atoms with Crippen LogP contribution in [0.4, 0.5) is 0 Å². The van der Waals surface area contributed by atoms with Gasteiger partial charge in [0, 0.05) is 23.0 Å². The Bertz CT molecular complexity index is 2270. The van der Waals surface area contributed by atoms with Crippen molar-refractivity contribution in [2.24, 2.45) is 10.2 Å². The van der Waals surface area contributed by atoms with E-state index in [4.69, 9.17) is 43.4 Å². The fraction of sp³-hybridized carbons (Fsp3) is 0.429. The Morgan fingerprint density at radius 3 is 1.82 bits per heavy atom. The zero-order chi connectivity index (χ0) is 45.1. The van der Waals surface area contributed by atoms with Gasteiger partial charge in [-0.05, 0) is 63.0 Å². The minimum atomic E-state index is -1.32. The number of fused-ring (bicyclic) bond motifs is 1. The Kier molecular flexibility index (Phi) is 18.5. The smallest absolute Gasteiger partial charge is 0.187 e. The monoisotopic (exact) mass is 888 g/mol. The zero-order valence-corrected chi connectivity index (χ0v) is 36.1. The molecule has 342 valence electrons. The first-order valence-corrected chi connectivity index (χ1v) is 22.0. The van der Waals surface area contributed by atoms with Crippen LogP contribution in [-0.2, 0) is 64.3 Å². The van der Waals surface area contributed by atoms with Crippen LogP contribution in [0.25, 0.3) is 31.7 Å². The van der Waals surface area contributed by atoms with Crippen LogP contribution >= 0.6 is 0 Å². The summed E-state index contributed by atoms with van der Waals surface area (Å²) in [5, 5.41) is 32.4. The number of rotatable bonds is 24. The highest BCUT2D eigenvalue weighted by Gasteiger charge is 2.53. The molecule has 0 amide bonds. The molecule has 2 fully saturated rings. The van der Waals surface area contributed by atoms with E-state index in [2.05, 4.69) is 20.1 Å². The van der Waals surface area contributed by atoms with E-state index in [1.54, 1.807) is 0 Å². The van der Waals surface area contributed by atoms with E-state index in [0.717, 1.165) is 39.4 Å². The molecule has 0 saturated carbocycles. The molecule has 7 rings (SSSR count). The van der Waals surface area contributed by atoms with Gasteiger partial charge in [-0.2, -0.15) is 0 Å². The third kappa shape index (κ3) is 13.6. The first-order chi connectivity index (χ1) is 32.0. The van der Waals surface area contributed by atoms with Crippen molar-refractivity contribution in [2.45, 2.75) is 107 Å². The fourth-order valence-electron chi connectivity index (χ4n) is 8.00. The highest BCUT2D eigenvalue weighted by atomic mass is 16.7. The molecular weight excluding hydrogens is 833 g/mol. The van der Waals surface area contributed by atoms with Crippen LogP contribution in [0.1, 0.15) is 41.5 Å². The van der Waals surface area contributed by atoms with Gasteiger partial charge in [0.2, 0.25) is 0 Å². The first kappa shape index (κ1) is 47.5. The predicted octanol–water partition coefficient (Wildman–Crippen LogP) is 8.48. The van der Waals surface area contributed by atoms with Crippen molar-refractivity contribution in [2.75, 3.05) is 26.4 Å². The van der Waals surface area contributed by atoms with Crippen LogP contribution in [0.2, 0.25) is 0 Å². The summed E-state index contributed by atoms with van der Waals surface area (Å²) < 4.78 is 52.7. The van der Waals surface area contributed by atoms with E-state index in [-0.39, 0.29) is 39.6 Å². The second kappa shape index (κ2) is 25.3. The van der Waals surface area contributed by atoms with Gasteiger partial charge in [-0.15, -0.1) is 0 Å². The van der Waals surface area contributed by atoms with Crippen LogP contribution < -0.4 is 0 Å². The maximum absolute atomic E-state index is 11.8. The molecule has 5 aromatic carbocycles. The summed E-state index contributed by atoms with van der Waals surface area (Å²) in [6.07, 6.45) is -7.86. The number of azide groups is 2. The third-order valence-corrected chi connectivity index (χ3v) is 11.4. The molecule has 2 aliphatic rings. The lowest BCUT2D eigenvalue weighted by Gasteiger charge is -2.49. The van der Waals surface area contributed by atoms with E-state index in [0.29, 0.717) is 19.4 Å². The highest BCUT2D eigenvalue weighted by molar-refractivity contribution is 5.82. The summed E-state index contributed by atoms with van der Waals surface area (Å²) in [4.78, 5) is 6.03. The average molecular weight is 889 g/mol. The molecule has 0 aromatic heterocycles. The van der Waals surface area contributed by atoms with E-state index < -0.39 is 68.0 Å². The fourth-order valence-corrected chi connectivity index (χ4v) is 8.00. The van der Waals surface area contributed by atoms with Gasteiger partial charge in [0.25, 0.3) is 0 Å². The summed E-state index contributed by atoms with van der Waals surface area (Å²) in [5.74, 6) is 0. The molecule has 65 heavy (non-hydrogen) atoms. The number of hydrogen-bond acceptors (Lipinski definition) is 12. The lowest BCUT2D eigenvalue weighted by molar-refractivity contribution is -0.360. The summed E-state index contributed by atoms with van der Waals surface area (Å²) in [6, 6.07) is 41.8. The van der Waals surface area contributed by atoms with Gasteiger partial charge in [0.05, 0.1) is 39.6 Å². The van der Waals surface area contributed by atoms with Crippen LogP contribution in [0.3, 0.4) is 0 Å². The topological polar surface area (TPSA) is 212 Å². The average Bonchev–Trinajstić information content (AvgIpc) is 3.34. The summed E-state index contributed by atoms with van der Waals surface area (Å²) in [6.45, 7) is 0.651. The Morgan fingerprint density at radius 1 is 0.554 bits per heavy atom. The van der Waals surface area contributed by atoms with Gasteiger partial charge in [-0.1, -0.05) is 144 Å². The summed E-state index contributed by atoms with van der Waals surface area (Å²) >= 11 is 0. The quantitative estimate of drug-likeness (QED) is 0.0261. The van der Waals surface area contributed by atoms with Crippen LogP contribution in [0.5, 0.6) is 0 Å². The zero-order valence-electron chi connectivity index (χ0n) is 36.1. The number of benzene rings is 5. The van der Waals surface area contributed by atoms with Crippen molar-refractivity contribution >= 4 is 10.8 Å². The Hall–Kier alpha value is -5.42. The van der Waals surface area contributed by atoms with Crippen molar-refractivity contribution < 1.29 is 48.1 Å². The maximum atomic E-state index is 11.8. The minimum Gasteiger partial charge on any atom is -0.394 e. The lowest BCUT2D eigenvalue weighted by Crippen LogP contribution is -2.65. The number of hydrogen-bond donors (Lipinski definition) is 2. The van der Waals surface area contributed by atoms with Crippen LogP contribution in [0, 0.1) is 0 Å². The lowest BCUT2D eigenvalue weighted by atomic mass is 9.95. The Morgan fingerprint density at radius 2 is 1.15 bits per heavy atom. The molecule has 5 aromatic rings. The second-order valence-corrected chi connectivity index (χ2v) is 15.9.